The summed E-state index contributed by atoms with van der Waals surface area (Å²) in [6.07, 6.45) is 0. The van der Waals surface area contributed by atoms with Crippen molar-refractivity contribution in [1.29, 1.82) is 0 Å². The van der Waals surface area contributed by atoms with Crippen LogP contribution in [0.15, 0.2) is 0 Å². The molecule has 3 nitrogen and oxygen atoms in total. The van der Waals surface area contributed by atoms with Crippen LogP contribution < -0.4 is 0 Å². The van der Waals surface area contributed by atoms with Crippen LogP contribution >= 0.6 is 18.1 Å². The summed E-state index contributed by atoms with van der Waals surface area (Å²) in [4.78, 5) is 0. The van der Waals surface area contributed by atoms with Crippen LogP contribution in [-0.4, -0.2) is 13.2 Å². The summed E-state index contributed by atoms with van der Waals surface area (Å²) in [6, 6.07) is 0. The minimum Gasteiger partial charge on any atom is -0.312 e. The average Bonchev–Trinajstić information content (AvgIpc) is 1.88. The monoisotopic (exact) mass is 170 g/mol. The predicted octanol–water partition coefficient (Wildman–Crippen LogP) is 2.09. The Morgan fingerprint density at radius 3 is 1.89 bits per heavy atom. The maximum Gasteiger partial charge on any atom is 0.335 e. The molecular weight excluding hydrogens is 158 g/mol. The van der Waals surface area contributed by atoms with Gasteiger partial charge in [0, 0.05) is 9.47 Å². The molecule has 0 aromatic carbocycles. The zero-order chi connectivity index (χ0) is 7.11. The van der Waals surface area contributed by atoms with E-state index in [0.29, 0.717) is 13.2 Å². The van der Waals surface area contributed by atoms with Crippen LogP contribution in [0.1, 0.15) is 13.8 Å². The summed E-state index contributed by atoms with van der Waals surface area (Å²) in [5.41, 5.74) is 0. The molecule has 0 aliphatic carbocycles. The zero-order valence-corrected chi connectivity index (χ0v) is 7.71. The molecule has 1 unspecified atom stereocenters. The predicted molar refractivity (Wildman–Crippen MR) is 41.0 cm³/mol. The molecule has 0 radical (unpaired) electrons. The highest BCUT2D eigenvalue weighted by molar-refractivity contribution is 7.47. The van der Waals surface area contributed by atoms with Crippen molar-refractivity contribution in [3.8, 4) is 0 Å². The molecular formula is C4H12O3P2. The SMILES string of the molecule is CCOP(OP)OCC. The van der Waals surface area contributed by atoms with Gasteiger partial charge in [-0.25, -0.2) is 0 Å². The first-order chi connectivity index (χ1) is 4.35. The topological polar surface area (TPSA) is 27.7 Å². The Kier molecular flexibility index (Phi) is 7.42. The quantitative estimate of drug-likeness (QED) is 0.591. The molecule has 0 rings (SSSR count). The average molecular weight is 170 g/mol. The molecule has 0 aromatic rings. The van der Waals surface area contributed by atoms with Gasteiger partial charge in [0.1, 0.15) is 0 Å². The van der Waals surface area contributed by atoms with E-state index in [1.165, 1.54) is 0 Å². The fourth-order valence-corrected chi connectivity index (χ4v) is 1.29. The third-order valence-corrected chi connectivity index (χ3v) is 2.18. The van der Waals surface area contributed by atoms with Crippen molar-refractivity contribution in [2.24, 2.45) is 0 Å². The van der Waals surface area contributed by atoms with Gasteiger partial charge in [-0.2, -0.15) is 0 Å². The van der Waals surface area contributed by atoms with Crippen LogP contribution in [0.3, 0.4) is 0 Å². The second-order valence-electron chi connectivity index (χ2n) is 1.16. The van der Waals surface area contributed by atoms with Gasteiger partial charge in [0.15, 0.2) is 0 Å². The molecule has 9 heavy (non-hydrogen) atoms. The summed E-state index contributed by atoms with van der Waals surface area (Å²) in [5, 5.41) is 0. The molecule has 0 amide bonds. The smallest absolute Gasteiger partial charge is 0.312 e. The highest BCUT2D eigenvalue weighted by Crippen LogP contribution is 2.41. The van der Waals surface area contributed by atoms with Gasteiger partial charge >= 0.3 is 8.60 Å². The lowest BCUT2D eigenvalue weighted by Gasteiger charge is -2.10. The van der Waals surface area contributed by atoms with E-state index >= 15 is 0 Å². The molecule has 1 atom stereocenters. The van der Waals surface area contributed by atoms with E-state index in [-0.39, 0.29) is 0 Å². The summed E-state index contributed by atoms with van der Waals surface area (Å²) in [7, 11) is 1.03. The van der Waals surface area contributed by atoms with Gasteiger partial charge in [-0.15, -0.1) is 0 Å². The van der Waals surface area contributed by atoms with Crippen molar-refractivity contribution in [3.63, 3.8) is 0 Å². The summed E-state index contributed by atoms with van der Waals surface area (Å²) >= 11 is 0. The first-order valence-corrected chi connectivity index (χ1v) is 4.34. The normalized spacial score (nSPS) is 10.7. The van der Waals surface area contributed by atoms with Crippen molar-refractivity contribution in [2.45, 2.75) is 13.8 Å². The number of hydrogen-bond donors (Lipinski definition) is 0. The van der Waals surface area contributed by atoms with Crippen LogP contribution in [-0.2, 0) is 13.4 Å². The van der Waals surface area contributed by atoms with Gasteiger partial charge in [-0.1, -0.05) is 0 Å². The lowest BCUT2D eigenvalue weighted by Crippen LogP contribution is -1.88. The van der Waals surface area contributed by atoms with Gasteiger partial charge < -0.3 is 9.05 Å². The van der Waals surface area contributed by atoms with E-state index in [9.17, 15) is 0 Å². The van der Waals surface area contributed by atoms with Crippen molar-refractivity contribution in [2.75, 3.05) is 13.2 Å². The molecule has 0 saturated carbocycles. The Labute approximate surface area is 59.4 Å². The lowest BCUT2D eigenvalue weighted by molar-refractivity contribution is 0.228. The van der Waals surface area contributed by atoms with Gasteiger partial charge in [0.05, 0.1) is 13.2 Å². The van der Waals surface area contributed by atoms with Crippen LogP contribution in [0.2, 0.25) is 0 Å². The second-order valence-corrected chi connectivity index (χ2v) is 2.97. The summed E-state index contributed by atoms with van der Waals surface area (Å²) in [6.45, 7) is 5.05. The maximum absolute atomic E-state index is 5.03. The summed E-state index contributed by atoms with van der Waals surface area (Å²) in [5.74, 6) is 0. The molecule has 5 heteroatoms. The Bertz CT molecular complexity index is 55.8. The minimum atomic E-state index is -1.10. The number of rotatable bonds is 5. The Hall–Kier alpha value is 0.740. The van der Waals surface area contributed by atoms with Crippen molar-refractivity contribution in [3.05, 3.63) is 0 Å². The van der Waals surface area contributed by atoms with E-state index in [0.717, 1.165) is 0 Å². The van der Waals surface area contributed by atoms with Gasteiger partial charge in [-0.05, 0) is 13.8 Å². The first kappa shape index (κ1) is 9.74. The van der Waals surface area contributed by atoms with Gasteiger partial charge in [0.25, 0.3) is 0 Å². The second kappa shape index (κ2) is 6.85. The highest BCUT2D eigenvalue weighted by atomic mass is 31.2. The van der Waals surface area contributed by atoms with Crippen LogP contribution in [0.5, 0.6) is 0 Å². The molecule has 0 aromatic heterocycles. The lowest BCUT2D eigenvalue weighted by atomic mass is 10.9. The maximum atomic E-state index is 5.03. The fraction of sp³-hybridized carbons (Fsp3) is 1.00. The van der Waals surface area contributed by atoms with Crippen molar-refractivity contribution < 1.29 is 13.4 Å². The van der Waals surface area contributed by atoms with E-state index in [1.807, 2.05) is 13.8 Å². The Balaban J connectivity index is 3.18. The van der Waals surface area contributed by atoms with E-state index in [4.69, 9.17) is 13.4 Å². The van der Waals surface area contributed by atoms with Crippen molar-refractivity contribution in [1.82, 2.24) is 0 Å². The van der Waals surface area contributed by atoms with Gasteiger partial charge in [0.2, 0.25) is 0 Å². The fourth-order valence-electron chi connectivity index (χ4n) is 0.309. The molecule has 0 bridgehead atoms. The Morgan fingerprint density at radius 1 is 1.22 bits per heavy atom. The van der Waals surface area contributed by atoms with E-state index in [1.54, 1.807) is 0 Å². The molecule has 0 N–H and O–H groups in total. The third-order valence-electron chi connectivity index (χ3n) is 0.555. The standard InChI is InChI=1S/C4H12O3P2/c1-3-5-9(7-8)6-4-2/h3-4,8H2,1-2H3. The van der Waals surface area contributed by atoms with E-state index in [2.05, 4.69) is 9.47 Å². The minimum absolute atomic E-state index is 0.625. The molecule has 0 aliphatic rings. The molecule has 0 fully saturated rings. The molecule has 0 aliphatic heterocycles. The summed E-state index contributed by atoms with van der Waals surface area (Å²) < 4.78 is 14.8. The van der Waals surface area contributed by atoms with Crippen LogP contribution in [0, 0.1) is 0 Å². The molecule has 0 spiro atoms. The van der Waals surface area contributed by atoms with E-state index < -0.39 is 8.60 Å². The highest BCUT2D eigenvalue weighted by Gasteiger charge is 2.05. The van der Waals surface area contributed by atoms with Gasteiger partial charge in [-0.3, -0.25) is 4.31 Å². The first-order valence-electron chi connectivity index (χ1n) is 2.77. The third kappa shape index (κ3) is 5.20. The largest absolute Gasteiger partial charge is 0.335 e. The van der Waals surface area contributed by atoms with Crippen molar-refractivity contribution >= 4 is 18.1 Å². The Morgan fingerprint density at radius 2 is 1.67 bits per heavy atom. The zero-order valence-electron chi connectivity index (χ0n) is 5.66. The molecule has 0 saturated heterocycles. The molecule has 56 valence electrons. The van der Waals surface area contributed by atoms with Crippen LogP contribution in [0.4, 0.5) is 0 Å². The van der Waals surface area contributed by atoms with Crippen LogP contribution in [0.25, 0.3) is 0 Å². The molecule has 0 heterocycles. The number of hydrogen-bond acceptors (Lipinski definition) is 3.